The molecule has 0 aromatic carbocycles. The number of carbonyl (C=O) groups excluding carboxylic acids is 2. The van der Waals surface area contributed by atoms with Crippen molar-refractivity contribution in [1.82, 2.24) is 9.78 Å². The van der Waals surface area contributed by atoms with Crippen molar-refractivity contribution < 1.29 is 9.59 Å². The molecule has 13 heavy (non-hydrogen) atoms. The van der Waals surface area contributed by atoms with E-state index in [-0.39, 0.29) is 17.8 Å². The van der Waals surface area contributed by atoms with Crippen molar-refractivity contribution >= 4 is 18.4 Å². The highest BCUT2D eigenvalue weighted by atomic mass is 16.2. The van der Waals surface area contributed by atoms with Crippen LogP contribution in [0.15, 0.2) is 4.99 Å². The Kier molecular flexibility index (Phi) is 1.42. The molecule has 1 aromatic heterocycles. The molecule has 0 radical (unpaired) electrons. The lowest BCUT2D eigenvalue weighted by Crippen LogP contribution is -2.39. The predicted octanol–water partition coefficient (Wildman–Crippen LogP) is -1.21. The van der Waals surface area contributed by atoms with Gasteiger partial charge >= 0.3 is 0 Å². The van der Waals surface area contributed by atoms with E-state index in [1.807, 2.05) is 0 Å². The second-order valence-corrected chi connectivity index (χ2v) is 2.88. The van der Waals surface area contributed by atoms with Gasteiger partial charge in [0.15, 0.2) is 5.49 Å². The average molecular weight is 177 g/mol. The van der Waals surface area contributed by atoms with Crippen molar-refractivity contribution in [3.63, 3.8) is 0 Å². The largest absolute Gasteiger partial charge is 0.272 e. The van der Waals surface area contributed by atoms with Crippen molar-refractivity contribution in [2.75, 3.05) is 0 Å². The van der Waals surface area contributed by atoms with E-state index in [9.17, 15) is 9.59 Å². The number of aromatic nitrogens is 2. The Morgan fingerprint density at radius 3 is 2.85 bits per heavy atom. The van der Waals surface area contributed by atoms with E-state index in [1.54, 1.807) is 6.92 Å². The van der Waals surface area contributed by atoms with Crippen LogP contribution in [0.1, 0.15) is 16.9 Å². The first-order valence-electron chi connectivity index (χ1n) is 3.79. The van der Waals surface area contributed by atoms with Gasteiger partial charge < -0.3 is 0 Å². The van der Waals surface area contributed by atoms with Crippen molar-refractivity contribution in [2.45, 2.75) is 13.3 Å². The molecular weight excluding hydrogens is 170 g/mol. The van der Waals surface area contributed by atoms with Gasteiger partial charge in [0.05, 0.1) is 5.69 Å². The monoisotopic (exact) mass is 177 g/mol. The van der Waals surface area contributed by atoms with Gasteiger partial charge in [0.1, 0.15) is 6.42 Å². The summed E-state index contributed by atoms with van der Waals surface area (Å²) in [4.78, 5) is 25.9. The summed E-state index contributed by atoms with van der Waals surface area (Å²) in [5.41, 5.74) is 0.903. The lowest BCUT2D eigenvalue weighted by molar-refractivity contribution is -0.117. The fourth-order valence-corrected chi connectivity index (χ4v) is 1.20. The molecule has 0 saturated heterocycles. The second kappa shape index (κ2) is 2.35. The second-order valence-electron chi connectivity index (χ2n) is 2.88. The van der Waals surface area contributed by atoms with Crippen LogP contribution in [-0.2, 0) is 4.79 Å². The Labute approximate surface area is 73.4 Å². The smallest absolute Gasteiger partial charge is 0.258 e. The van der Waals surface area contributed by atoms with E-state index in [4.69, 9.17) is 0 Å². The SMILES string of the molecule is C=c1c(C)nn2c1=NC(=O)CC2=O. The summed E-state index contributed by atoms with van der Waals surface area (Å²) in [6.45, 7) is 5.40. The van der Waals surface area contributed by atoms with Gasteiger partial charge in [-0.15, -0.1) is 0 Å². The zero-order chi connectivity index (χ0) is 9.59. The molecule has 0 N–H and O–H groups in total. The van der Waals surface area contributed by atoms with Crippen LogP contribution in [0, 0.1) is 6.92 Å². The molecule has 0 unspecified atom stereocenters. The van der Waals surface area contributed by atoms with Crippen molar-refractivity contribution in [3.8, 4) is 0 Å². The third-order valence-electron chi connectivity index (χ3n) is 1.93. The van der Waals surface area contributed by atoms with E-state index in [1.165, 1.54) is 0 Å². The predicted molar refractivity (Wildman–Crippen MR) is 43.5 cm³/mol. The maximum atomic E-state index is 11.3. The molecule has 5 heteroatoms. The molecule has 0 saturated carbocycles. The number of nitrogens with zero attached hydrogens (tertiary/aromatic N) is 3. The molecule has 1 aliphatic heterocycles. The van der Waals surface area contributed by atoms with Crippen molar-refractivity contribution in [2.24, 2.45) is 4.99 Å². The number of aryl methyl sites for hydroxylation is 1. The summed E-state index contributed by atoms with van der Waals surface area (Å²) in [6, 6.07) is 0. The number of hydrogen-bond acceptors (Lipinski definition) is 3. The molecule has 2 rings (SSSR count). The highest BCUT2D eigenvalue weighted by Crippen LogP contribution is 1.93. The van der Waals surface area contributed by atoms with Gasteiger partial charge in [-0.2, -0.15) is 14.8 Å². The Bertz CT molecular complexity index is 512. The molecule has 0 bridgehead atoms. The van der Waals surface area contributed by atoms with Gasteiger partial charge in [0, 0.05) is 5.22 Å². The minimum Gasteiger partial charge on any atom is -0.272 e. The number of amides is 1. The van der Waals surface area contributed by atoms with Crippen LogP contribution in [-0.4, -0.2) is 21.6 Å². The van der Waals surface area contributed by atoms with Gasteiger partial charge in [0.2, 0.25) is 0 Å². The zero-order valence-corrected chi connectivity index (χ0v) is 7.07. The number of rotatable bonds is 0. The summed E-state index contributed by atoms with van der Waals surface area (Å²) in [6.07, 6.45) is -0.201. The molecule has 1 aromatic rings. The minimum absolute atomic E-state index is 0.201. The molecule has 5 nitrogen and oxygen atoms in total. The highest BCUT2D eigenvalue weighted by molar-refractivity contribution is 5.99. The van der Waals surface area contributed by atoms with Crippen LogP contribution in [0.25, 0.3) is 6.58 Å². The lowest BCUT2D eigenvalue weighted by Gasteiger charge is -2.01. The summed E-state index contributed by atoms with van der Waals surface area (Å²) in [5.74, 6) is -0.768. The molecule has 66 valence electrons. The van der Waals surface area contributed by atoms with Crippen LogP contribution >= 0.6 is 0 Å². The Morgan fingerprint density at radius 2 is 2.15 bits per heavy atom. The summed E-state index contributed by atoms with van der Waals surface area (Å²) in [5, 5.41) is 4.47. The number of hydrogen-bond donors (Lipinski definition) is 0. The summed E-state index contributed by atoms with van der Waals surface area (Å²) >= 11 is 0. The van der Waals surface area contributed by atoms with Crippen LogP contribution in [0.2, 0.25) is 0 Å². The van der Waals surface area contributed by atoms with E-state index < -0.39 is 5.91 Å². The van der Waals surface area contributed by atoms with Gasteiger partial charge in [-0.05, 0) is 6.92 Å². The molecule has 0 aliphatic carbocycles. The lowest BCUT2D eigenvalue weighted by atomic mass is 10.3. The molecule has 0 fully saturated rings. The highest BCUT2D eigenvalue weighted by Gasteiger charge is 2.20. The number of fused-ring (bicyclic) bond motifs is 1. The van der Waals surface area contributed by atoms with Crippen molar-refractivity contribution in [3.05, 3.63) is 16.4 Å². The third kappa shape index (κ3) is 1.00. The van der Waals surface area contributed by atoms with Gasteiger partial charge in [-0.25, -0.2) is 0 Å². The van der Waals surface area contributed by atoms with E-state index in [2.05, 4.69) is 16.7 Å². The molecule has 0 atom stereocenters. The maximum absolute atomic E-state index is 11.3. The van der Waals surface area contributed by atoms with E-state index >= 15 is 0 Å². The third-order valence-corrected chi connectivity index (χ3v) is 1.93. The quantitative estimate of drug-likeness (QED) is 0.467. The first-order valence-corrected chi connectivity index (χ1v) is 3.79. The Morgan fingerprint density at radius 1 is 1.46 bits per heavy atom. The van der Waals surface area contributed by atoms with Gasteiger partial charge in [0.25, 0.3) is 11.8 Å². The standard InChI is InChI=1S/C8H7N3O2/c1-4-5(2)10-11-7(13)3-6(12)9-8(4)11/h1,3H2,2H3. The zero-order valence-electron chi connectivity index (χ0n) is 7.07. The molecule has 0 spiro atoms. The fourth-order valence-electron chi connectivity index (χ4n) is 1.20. The van der Waals surface area contributed by atoms with Crippen LogP contribution < -0.4 is 10.7 Å². The maximum Gasteiger partial charge on any atom is 0.258 e. The van der Waals surface area contributed by atoms with Crippen molar-refractivity contribution in [1.29, 1.82) is 0 Å². The van der Waals surface area contributed by atoms with Gasteiger partial charge in [-0.3, -0.25) is 9.59 Å². The average Bonchev–Trinajstić information content (AvgIpc) is 2.32. The topological polar surface area (TPSA) is 64.3 Å². The molecular formula is C8H7N3O2. The van der Waals surface area contributed by atoms with E-state index in [0.717, 1.165) is 4.68 Å². The molecule has 1 aliphatic rings. The minimum atomic E-state index is -0.428. The molecule has 2 heterocycles. The summed E-state index contributed by atoms with van der Waals surface area (Å²) in [7, 11) is 0. The summed E-state index contributed by atoms with van der Waals surface area (Å²) < 4.78 is 1.14. The molecule has 1 amide bonds. The fraction of sp³-hybridized carbons (Fsp3) is 0.250. The first kappa shape index (κ1) is 7.85. The van der Waals surface area contributed by atoms with E-state index in [0.29, 0.717) is 10.9 Å². The first-order chi connectivity index (χ1) is 6.09. The van der Waals surface area contributed by atoms with Crippen LogP contribution in [0.4, 0.5) is 0 Å². The normalized spacial score (nSPS) is 15.5. The number of carbonyl (C=O) groups is 2. The Hall–Kier alpha value is -1.78. The van der Waals surface area contributed by atoms with Crippen LogP contribution in [0.5, 0.6) is 0 Å². The Balaban J connectivity index is 2.91. The van der Waals surface area contributed by atoms with Crippen LogP contribution in [0.3, 0.4) is 0 Å². The van der Waals surface area contributed by atoms with Gasteiger partial charge in [-0.1, -0.05) is 6.58 Å².